The zero-order valence-corrected chi connectivity index (χ0v) is 20.4. The number of fused-ring (bicyclic) bond motifs is 2. The summed E-state index contributed by atoms with van der Waals surface area (Å²) in [7, 11) is 2.15. The molecule has 0 bridgehead atoms. The minimum Gasteiger partial charge on any atom is -0.368 e. The van der Waals surface area contributed by atoms with Crippen LogP contribution in [0.5, 0.6) is 0 Å². The number of benzene rings is 1. The quantitative estimate of drug-likeness (QED) is 0.388. The first-order valence-corrected chi connectivity index (χ1v) is 12.4. The molecule has 0 saturated carbocycles. The van der Waals surface area contributed by atoms with Crippen molar-refractivity contribution >= 4 is 34.1 Å². The predicted molar refractivity (Wildman–Crippen MR) is 143 cm³/mol. The lowest BCUT2D eigenvalue weighted by Crippen LogP contribution is -2.44. The Labute approximate surface area is 209 Å². The van der Waals surface area contributed by atoms with E-state index in [9.17, 15) is 4.79 Å². The van der Waals surface area contributed by atoms with E-state index < -0.39 is 0 Å². The summed E-state index contributed by atoms with van der Waals surface area (Å²) in [6.45, 7) is 5.85. The highest BCUT2D eigenvalue weighted by Crippen LogP contribution is 2.37. The predicted octanol–water partition coefficient (Wildman–Crippen LogP) is 2.80. The Morgan fingerprint density at radius 1 is 1.03 bits per heavy atom. The second-order valence-corrected chi connectivity index (χ2v) is 9.41. The fourth-order valence-electron chi connectivity index (χ4n) is 5.20. The van der Waals surface area contributed by atoms with Gasteiger partial charge in [0, 0.05) is 63.6 Å². The number of rotatable bonds is 6. The zero-order valence-electron chi connectivity index (χ0n) is 20.4. The lowest BCUT2D eigenvalue weighted by molar-refractivity contribution is 0.0966. The largest absolute Gasteiger partial charge is 0.368 e. The Morgan fingerprint density at radius 2 is 1.89 bits per heavy atom. The van der Waals surface area contributed by atoms with Crippen LogP contribution >= 0.6 is 0 Å². The van der Waals surface area contributed by atoms with Crippen LogP contribution < -0.4 is 21.3 Å². The molecule has 1 saturated heterocycles. The van der Waals surface area contributed by atoms with Gasteiger partial charge in [-0.25, -0.2) is 9.97 Å². The molecule has 0 aliphatic carbocycles. The molecule has 2 aliphatic rings. The highest BCUT2D eigenvalue weighted by atomic mass is 16.1. The fraction of sp³-hybridized carbons (Fsp3) is 0.296. The minimum atomic E-state index is -0.0746. The molecule has 2 aliphatic heterocycles. The molecule has 4 aromatic rings. The highest BCUT2D eigenvalue weighted by molar-refractivity contribution is 6.07. The van der Waals surface area contributed by atoms with Crippen molar-refractivity contribution in [1.82, 2.24) is 24.8 Å². The maximum Gasteiger partial charge on any atom is 0.254 e. The molecule has 0 spiro atoms. The molecule has 36 heavy (non-hydrogen) atoms. The number of likely N-dealkylation sites (N-methyl/N-ethyl adjacent to an activating group) is 1. The van der Waals surface area contributed by atoms with E-state index in [1.165, 1.54) is 0 Å². The van der Waals surface area contributed by atoms with Gasteiger partial charge in [-0.3, -0.25) is 4.79 Å². The van der Waals surface area contributed by atoms with E-state index >= 15 is 0 Å². The lowest BCUT2D eigenvalue weighted by atomic mass is 9.94. The van der Waals surface area contributed by atoms with Crippen LogP contribution in [0.25, 0.3) is 22.2 Å². The average molecular weight is 483 g/mol. The van der Waals surface area contributed by atoms with E-state index in [2.05, 4.69) is 60.2 Å². The van der Waals surface area contributed by atoms with Crippen LogP contribution in [-0.4, -0.2) is 65.1 Å². The van der Waals surface area contributed by atoms with E-state index in [1.807, 2.05) is 36.8 Å². The van der Waals surface area contributed by atoms with Gasteiger partial charge in [0.2, 0.25) is 0 Å². The van der Waals surface area contributed by atoms with Gasteiger partial charge in [-0.2, -0.15) is 0 Å². The Bertz CT molecular complexity index is 1420. The van der Waals surface area contributed by atoms with Gasteiger partial charge in [-0.15, -0.1) is 0 Å². The number of nitrogens with zero attached hydrogens (tertiary/aromatic N) is 5. The number of piperazine rings is 1. The van der Waals surface area contributed by atoms with Crippen LogP contribution in [0.1, 0.15) is 15.9 Å². The second kappa shape index (κ2) is 9.25. The molecule has 9 heteroatoms. The first kappa shape index (κ1) is 22.5. The van der Waals surface area contributed by atoms with Crippen molar-refractivity contribution in [2.24, 2.45) is 5.73 Å². The van der Waals surface area contributed by atoms with Gasteiger partial charge in [0.05, 0.1) is 23.1 Å². The third kappa shape index (κ3) is 3.96. The molecule has 0 unspecified atom stereocenters. The zero-order chi connectivity index (χ0) is 24.6. The maximum absolute atomic E-state index is 12.9. The summed E-state index contributed by atoms with van der Waals surface area (Å²) in [5.74, 6) is 0.641. The van der Waals surface area contributed by atoms with E-state index in [0.29, 0.717) is 31.0 Å². The van der Waals surface area contributed by atoms with Gasteiger partial charge < -0.3 is 30.7 Å². The van der Waals surface area contributed by atoms with Crippen molar-refractivity contribution < 1.29 is 4.79 Å². The molecule has 0 radical (unpaired) electrons. The minimum absolute atomic E-state index is 0.0746. The molecule has 0 atom stereocenters. The molecular formula is C27H30N8O. The van der Waals surface area contributed by atoms with Gasteiger partial charge in [-0.05, 0) is 54.1 Å². The van der Waals surface area contributed by atoms with Crippen LogP contribution in [-0.2, 0) is 13.1 Å². The van der Waals surface area contributed by atoms with Crippen LogP contribution in [0.4, 0.5) is 17.2 Å². The number of amides is 1. The Kier molecular flexibility index (Phi) is 5.79. The number of carbonyl (C=O) groups excluding carboxylic acids is 1. The van der Waals surface area contributed by atoms with E-state index in [-0.39, 0.29) is 5.91 Å². The third-order valence-corrected chi connectivity index (χ3v) is 7.17. The van der Waals surface area contributed by atoms with E-state index in [0.717, 1.165) is 65.3 Å². The topological polar surface area (TPSA) is 104 Å². The summed E-state index contributed by atoms with van der Waals surface area (Å²) < 4.78 is 2.07. The average Bonchev–Trinajstić information content (AvgIpc) is 3.50. The Morgan fingerprint density at radius 3 is 2.67 bits per heavy atom. The smallest absolute Gasteiger partial charge is 0.254 e. The first-order valence-electron chi connectivity index (χ1n) is 12.4. The number of aromatic nitrogens is 3. The number of carbonyl (C=O) groups is 1. The number of anilines is 3. The van der Waals surface area contributed by atoms with Gasteiger partial charge in [0.15, 0.2) is 0 Å². The van der Waals surface area contributed by atoms with Crippen molar-refractivity contribution in [3.63, 3.8) is 0 Å². The summed E-state index contributed by atoms with van der Waals surface area (Å²) in [5.41, 5.74) is 12.3. The molecule has 9 nitrogen and oxygen atoms in total. The van der Waals surface area contributed by atoms with Crippen molar-refractivity contribution in [1.29, 1.82) is 0 Å². The molecule has 6 rings (SSSR count). The van der Waals surface area contributed by atoms with Gasteiger partial charge in [0.1, 0.15) is 11.5 Å². The summed E-state index contributed by atoms with van der Waals surface area (Å²) in [4.78, 5) is 26.8. The molecular weight excluding hydrogens is 452 g/mol. The number of hydrogen-bond acceptors (Lipinski definition) is 7. The van der Waals surface area contributed by atoms with Gasteiger partial charge >= 0.3 is 0 Å². The summed E-state index contributed by atoms with van der Waals surface area (Å²) in [5, 5.41) is 7.43. The SMILES string of the molecule is CN1CCN(c2ccc(Nc3ccc(-c4ccnc5c4ccn5CCN)c4c3C(=O)NC4)nc2)CC1. The molecule has 5 heterocycles. The van der Waals surface area contributed by atoms with Crippen LogP contribution in [0.15, 0.2) is 55.0 Å². The molecule has 1 amide bonds. The fourth-order valence-corrected chi connectivity index (χ4v) is 5.20. The van der Waals surface area contributed by atoms with Crippen molar-refractivity contribution in [3.8, 4) is 11.1 Å². The third-order valence-electron chi connectivity index (χ3n) is 7.17. The monoisotopic (exact) mass is 482 g/mol. The number of nitrogens with two attached hydrogens (primary N) is 1. The summed E-state index contributed by atoms with van der Waals surface area (Å²) in [6, 6.07) is 12.2. The summed E-state index contributed by atoms with van der Waals surface area (Å²) in [6.07, 6.45) is 5.74. The number of nitrogens with one attached hydrogen (secondary N) is 2. The molecule has 3 aromatic heterocycles. The van der Waals surface area contributed by atoms with Crippen LogP contribution in [0, 0.1) is 0 Å². The second-order valence-electron chi connectivity index (χ2n) is 9.41. The van der Waals surface area contributed by atoms with Crippen molar-refractivity contribution in [2.75, 3.05) is 50.0 Å². The standard InChI is InChI=1S/C27H30N8O/c1-33-12-14-34(15-13-33)18-2-5-24(30-16-18)32-23-4-3-19(22-17-31-27(36)25(22)23)20-6-9-29-26-21(20)7-10-35(26)11-8-28/h2-7,9-10,16H,8,11-15,17,28H2,1H3,(H,30,32)(H,31,36). The molecule has 4 N–H and O–H groups in total. The normalized spacial score (nSPS) is 15.8. The maximum atomic E-state index is 12.9. The van der Waals surface area contributed by atoms with Gasteiger partial charge in [0.25, 0.3) is 5.91 Å². The van der Waals surface area contributed by atoms with Crippen LogP contribution in [0.2, 0.25) is 0 Å². The van der Waals surface area contributed by atoms with Crippen molar-refractivity contribution in [2.45, 2.75) is 13.1 Å². The highest BCUT2D eigenvalue weighted by Gasteiger charge is 2.27. The van der Waals surface area contributed by atoms with E-state index in [1.54, 1.807) is 0 Å². The van der Waals surface area contributed by atoms with Crippen molar-refractivity contribution in [3.05, 3.63) is 66.1 Å². The molecule has 1 aromatic carbocycles. The first-order chi connectivity index (χ1) is 17.6. The Hall–Kier alpha value is -3.95. The van der Waals surface area contributed by atoms with E-state index in [4.69, 9.17) is 5.73 Å². The summed E-state index contributed by atoms with van der Waals surface area (Å²) >= 11 is 0. The molecule has 184 valence electrons. The van der Waals surface area contributed by atoms with Gasteiger partial charge in [-0.1, -0.05) is 6.07 Å². The Balaban J connectivity index is 1.31. The number of hydrogen-bond donors (Lipinski definition) is 3. The lowest BCUT2D eigenvalue weighted by Gasteiger charge is -2.33. The number of pyridine rings is 2. The van der Waals surface area contributed by atoms with Crippen LogP contribution in [0.3, 0.4) is 0 Å². The molecule has 1 fully saturated rings.